The van der Waals surface area contributed by atoms with E-state index in [0.717, 1.165) is 16.6 Å². The number of hydrogen-bond donors (Lipinski definition) is 2. The van der Waals surface area contributed by atoms with Crippen molar-refractivity contribution in [1.29, 1.82) is 0 Å². The molecule has 1 heterocycles. The van der Waals surface area contributed by atoms with Crippen LogP contribution in [0.4, 0.5) is 0 Å². The fourth-order valence-corrected chi connectivity index (χ4v) is 2.88. The van der Waals surface area contributed by atoms with E-state index in [0.29, 0.717) is 11.5 Å². The molecule has 1 aromatic rings. The SMILES string of the molecule is CC(C)(C)c1cc(C=C(CS)B2OC(C)(C)C(C)(C)O2)ccc1O. The van der Waals surface area contributed by atoms with Gasteiger partial charge in [0.2, 0.25) is 0 Å². The summed E-state index contributed by atoms with van der Waals surface area (Å²) in [6.07, 6.45) is 2.05. The third-order valence-corrected chi connectivity index (χ3v) is 5.28. The minimum atomic E-state index is -0.403. The van der Waals surface area contributed by atoms with Gasteiger partial charge in [0, 0.05) is 5.75 Å². The van der Waals surface area contributed by atoms with E-state index in [9.17, 15) is 5.11 Å². The lowest BCUT2D eigenvalue weighted by Gasteiger charge is -2.32. The summed E-state index contributed by atoms with van der Waals surface area (Å²) < 4.78 is 12.2. The van der Waals surface area contributed by atoms with E-state index in [1.807, 2.05) is 45.9 Å². The predicted octanol–water partition coefficient (Wildman–Crippen LogP) is 4.63. The first-order valence-corrected chi connectivity index (χ1v) is 9.01. The van der Waals surface area contributed by atoms with Crippen LogP contribution in [-0.4, -0.2) is 29.2 Å². The summed E-state index contributed by atoms with van der Waals surface area (Å²) in [7, 11) is -0.403. The van der Waals surface area contributed by atoms with Gasteiger partial charge in [-0.05, 0) is 61.8 Å². The second-order valence-corrected chi connectivity index (χ2v) is 8.81. The minimum Gasteiger partial charge on any atom is -0.508 e. The number of phenols is 1. The maximum Gasteiger partial charge on any atom is 0.491 e. The molecule has 1 aliphatic heterocycles. The maximum absolute atomic E-state index is 10.1. The van der Waals surface area contributed by atoms with Crippen LogP contribution in [0.15, 0.2) is 23.7 Å². The van der Waals surface area contributed by atoms with Crippen LogP contribution in [0.1, 0.15) is 59.6 Å². The van der Waals surface area contributed by atoms with Gasteiger partial charge in [-0.15, -0.1) is 0 Å². The lowest BCUT2D eigenvalue weighted by atomic mass is 9.77. The minimum absolute atomic E-state index is 0.126. The van der Waals surface area contributed by atoms with Gasteiger partial charge in [0.05, 0.1) is 11.2 Å². The van der Waals surface area contributed by atoms with Gasteiger partial charge >= 0.3 is 7.12 Å². The van der Waals surface area contributed by atoms with Crippen molar-refractivity contribution in [2.75, 3.05) is 5.75 Å². The molecule has 132 valence electrons. The second kappa shape index (κ2) is 6.43. The van der Waals surface area contributed by atoms with Crippen LogP contribution in [0.25, 0.3) is 6.08 Å². The van der Waals surface area contributed by atoms with Crippen molar-refractivity contribution in [1.82, 2.24) is 0 Å². The van der Waals surface area contributed by atoms with Gasteiger partial charge in [0.1, 0.15) is 5.75 Å². The largest absolute Gasteiger partial charge is 0.508 e. The van der Waals surface area contributed by atoms with E-state index in [4.69, 9.17) is 9.31 Å². The second-order valence-electron chi connectivity index (χ2n) is 8.49. The maximum atomic E-state index is 10.1. The molecule has 5 heteroatoms. The fraction of sp³-hybridized carbons (Fsp3) is 0.579. The number of hydrogen-bond acceptors (Lipinski definition) is 4. The molecule has 0 atom stereocenters. The van der Waals surface area contributed by atoms with Gasteiger partial charge in [0.15, 0.2) is 0 Å². The Hall–Kier alpha value is -0.905. The van der Waals surface area contributed by atoms with Crippen molar-refractivity contribution in [3.8, 4) is 5.75 Å². The molecule has 1 N–H and O–H groups in total. The van der Waals surface area contributed by atoms with E-state index in [-0.39, 0.29) is 16.6 Å². The van der Waals surface area contributed by atoms with Crippen molar-refractivity contribution in [2.24, 2.45) is 0 Å². The van der Waals surface area contributed by atoms with Crippen molar-refractivity contribution >= 4 is 25.8 Å². The number of phenolic OH excluding ortho intramolecular Hbond substituents is 1. The monoisotopic (exact) mass is 348 g/mol. The molecular weight excluding hydrogens is 319 g/mol. The average molecular weight is 348 g/mol. The normalized spacial score (nSPS) is 20.5. The van der Waals surface area contributed by atoms with Crippen LogP contribution in [0.5, 0.6) is 5.75 Å². The standard InChI is InChI=1S/C19H29BO3S/c1-17(2,3)15-11-13(8-9-16(15)21)10-14(12-24)20-22-18(4,5)19(6,7)23-20/h8-11,21,24H,12H2,1-7H3. The highest BCUT2D eigenvalue weighted by molar-refractivity contribution is 7.80. The van der Waals surface area contributed by atoms with Crippen LogP contribution in [0, 0.1) is 0 Å². The van der Waals surface area contributed by atoms with Crippen LogP contribution >= 0.6 is 12.6 Å². The van der Waals surface area contributed by atoms with Crippen LogP contribution in [-0.2, 0) is 14.7 Å². The molecule has 1 saturated heterocycles. The van der Waals surface area contributed by atoms with Crippen molar-refractivity contribution in [3.05, 3.63) is 34.8 Å². The van der Waals surface area contributed by atoms with Gasteiger partial charge in [-0.1, -0.05) is 32.9 Å². The van der Waals surface area contributed by atoms with E-state index in [2.05, 4.69) is 33.4 Å². The molecule has 0 saturated carbocycles. The summed E-state index contributed by atoms with van der Waals surface area (Å²) in [6, 6.07) is 5.66. The van der Waals surface area contributed by atoms with Crippen LogP contribution in [0.2, 0.25) is 0 Å². The summed E-state index contributed by atoms with van der Waals surface area (Å²) in [4.78, 5) is 0. The smallest absolute Gasteiger partial charge is 0.491 e. The highest BCUT2D eigenvalue weighted by Gasteiger charge is 2.52. The van der Waals surface area contributed by atoms with Gasteiger partial charge < -0.3 is 14.4 Å². The molecule has 0 spiro atoms. The number of rotatable bonds is 3. The molecule has 0 unspecified atom stereocenters. The molecule has 24 heavy (non-hydrogen) atoms. The van der Waals surface area contributed by atoms with E-state index in [1.54, 1.807) is 6.07 Å². The van der Waals surface area contributed by atoms with Gasteiger partial charge in [0.25, 0.3) is 0 Å². The Morgan fingerprint density at radius 1 is 1.17 bits per heavy atom. The highest BCUT2D eigenvalue weighted by Crippen LogP contribution is 2.39. The molecule has 1 aromatic carbocycles. The zero-order valence-electron chi connectivity index (χ0n) is 15.8. The quantitative estimate of drug-likeness (QED) is 0.618. The van der Waals surface area contributed by atoms with Crippen LogP contribution < -0.4 is 0 Å². The predicted molar refractivity (Wildman–Crippen MR) is 105 cm³/mol. The summed E-state index contributed by atoms with van der Waals surface area (Å²) >= 11 is 4.46. The summed E-state index contributed by atoms with van der Waals surface area (Å²) in [6.45, 7) is 14.4. The van der Waals surface area contributed by atoms with Gasteiger partial charge in [-0.2, -0.15) is 12.6 Å². The van der Waals surface area contributed by atoms with Gasteiger partial charge in [-0.25, -0.2) is 0 Å². The third kappa shape index (κ3) is 3.84. The fourth-order valence-electron chi connectivity index (χ4n) is 2.64. The Balaban J connectivity index is 2.36. The molecule has 3 nitrogen and oxygen atoms in total. The Morgan fingerprint density at radius 2 is 1.71 bits per heavy atom. The first-order valence-electron chi connectivity index (χ1n) is 8.38. The van der Waals surface area contributed by atoms with Crippen molar-refractivity contribution < 1.29 is 14.4 Å². The summed E-state index contributed by atoms with van der Waals surface area (Å²) in [5, 5.41) is 10.1. The van der Waals surface area contributed by atoms with Crippen molar-refractivity contribution in [2.45, 2.75) is 65.1 Å². The zero-order chi connectivity index (χ0) is 18.3. The Labute approximate surface area is 152 Å². The molecule has 2 rings (SSSR count). The zero-order valence-corrected chi connectivity index (χ0v) is 16.7. The first kappa shape index (κ1) is 19.4. The summed E-state index contributed by atoms with van der Waals surface area (Å²) in [5.41, 5.74) is 2.04. The molecule has 0 aromatic heterocycles. The number of benzene rings is 1. The topological polar surface area (TPSA) is 38.7 Å². The molecule has 1 fully saturated rings. The Morgan fingerprint density at radius 3 is 2.17 bits per heavy atom. The van der Waals surface area contributed by atoms with Crippen LogP contribution in [0.3, 0.4) is 0 Å². The number of thiol groups is 1. The van der Waals surface area contributed by atoms with E-state index >= 15 is 0 Å². The lowest BCUT2D eigenvalue weighted by Crippen LogP contribution is -2.41. The number of aromatic hydroxyl groups is 1. The molecule has 1 aliphatic rings. The third-order valence-electron chi connectivity index (χ3n) is 4.92. The average Bonchev–Trinajstić information content (AvgIpc) is 2.65. The lowest BCUT2D eigenvalue weighted by molar-refractivity contribution is 0.00578. The first-order chi connectivity index (χ1) is 10.9. The molecule has 0 aliphatic carbocycles. The van der Waals surface area contributed by atoms with E-state index in [1.165, 1.54) is 0 Å². The summed E-state index contributed by atoms with van der Waals surface area (Å²) in [5.74, 6) is 0.866. The Kier molecular flexibility index (Phi) is 5.21. The molecule has 0 amide bonds. The highest BCUT2D eigenvalue weighted by atomic mass is 32.1. The molecule has 0 bridgehead atoms. The Bertz CT molecular complexity index is 629. The molecular formula is C19H29BO3S. The van der Waals surface area contributed by atoms with Crippen molar-refractivity contribution in [3.63, 3.8) is 0 Å². The molecule has 0 radical (unpaired) electrons. The van der Waals surface area contributed by atoms with E-state index < -0.39 is 7.12 Å². The van der Waals surface area contributed by atoms with Gasteiger partial charge in [-0.3, -0.25) is 0 Å².